The number of amides is 1. The summed E-state index contributed by atoms with van der Waals surface area (Å²) in [6, 6.07) is 9.52. The van der Waals surface area contributed by atoms with Crippen molar-refractivity contribution in [2.24, 2.45) is 5.92 Å². The number of nitrogens with zero attached hydrogens (tertiary/aromatic N) is 4. The second kappa shape index (κ2) is 9.26. The molecule has 0 radical (unpaired) electrons. The Labute approximate surface area is 175 Å². The lowest BCUT2D eigenvalue weighted by atomic mass is 9.90. The van der Waals surface area contributed by atoms with E-state index in [1.54, 1.807) is 32.1 Å². The zero-order chi connectivity index (χ0) is 20.9. The van der Waals surface area contributed by atoms with Crippen LogP contribution in [0.15, 0.2) is 42.1 Å². The topological polar surface area (TPSA) is 83.6 Å². The third-order valence-corrected chi connectivity index (χ3v) is 5.88. The second-order valence-electron chi connectivity index (χ2n) is 6.93. The quantitative estimate of drug-likeness (QED) is 0.510. The molecule has 28 heavy (non-hydrogen) atoms. The Morgan fingerprint density at radius 1 is 1.39 bits per heavy atom. The van der Waals surface area contributed by atoms with Crippen molar-refractivity contribution in [3.05, 3.63) is 41.9 Å². The maximum absolute atomic E-state index is 12.6. The summed E-state index contributed by atoms with van der Waals surface area (Å²) in [7, 11) is 0. The maximum Gasteiger partial charge on any atom is 0.234 e. The molecule has 1 aromatic heterocycles. The summed E-state index contributed by atoms with van der Waals surface area (Å²) in [5.74, 6) is 0.444. The van der Waals surface area contributed by atoms with Gasteiger partial charge in [-0.2, -0.15) is 5.26 Å². The van der Waals surface area contributed by atoms with E-state index in [1.165, 1.54) is 11.8 Å². The number of allylic oxidation sites excluding steroid dienone is 1. The number of aromatic nitrogens is 3. The molecule has 1 heterocycles. The van der Waals surface area contributed by atoms with Crippen LogP contribution in [0.5, 0.6) is 0 Å². The van der Waals surface area contributed by atoms with Crippen molar-refractivity contribution in [3.8, 4) is 17.5 Å². The highest BCUT2D eigenvalue weighted by molar-refractivity contribution is 8.00. The minimum Gasteiger partial charge on any atom is -0.337 e. The Morgan fingerprint density at radius 3 is 2.57 bits per heavy atom. The molecular formula is C20H24ClN5OS. The van der Waals surface area contributed by atoms with Gasteiger partial charge in [0, 0.05) is 17.1 Å². The summed E-state index contributed by atoms with van der Waals surface area (Å²) in [6.45, 7) is 11.6. The minimum atomic E-state index is -0.921. The van der Waals surface area contributed by atoms with Gasteiger partial charge in [0.15, 0.2) is 11.0 Å². The van der Waals surface area contributed by atoms with Gasteiger partial charge in [-0.1, -0.05) is 43.3 Å². The highest BCUT2D eigenvalue weighted by Crippen LogP contribution is 2.28. The number of carbonyl (C=O) groups excluding carboxylic acids is 1. The van der Waals surface area contributed by atoms with Gasteiger partial charge in [0.2, 0.25) is 5.91 Å². The molecular weight excluding hydrogens is 394 g/mol. The number of benzene rings is 1. The van der Waals surface area contributed by atoms with Gasteiger partial charge in [-0.05, 0) is 44.0 Å². The molecule has 0 fully saturated rings. The van der Waals surface area contributed by atoms with Crippen molar-refractivity contribution >= 4 is 29.3 Å². The third-order valence-electron chi connectivity index (χ3n) is 4.55. The van der Waals surface area contributed by atoms with Crippen molar-refractivity contribution < 1.29 is 4.79 Å². The van der Waals surface area contributed by atoms with Gasteiger partial charge in [-0.15, -0.1) is 16.8 Å². The Morgan fingerprint density at radius 2 is 2.04 bits per heavy atom. The summed E-state index contributed by atoms with van der Waals surface area (Å²) in [4.78, 5) is 12.6. The number of nitrogens with one attached hydrogen (secondary N) is 1. The van der Waals surface area contributed by atoms with E-state index in [4.69, 9.17) is 11.6 Å². The van der Waals surface area contributed by atoms with E-state index in [2.05, 4.69) is 28.2 Å². The van der Waals surface area contributed by atoms with Crippen molar-refractivity contribution in [1.82, 2.24) is 20.1 Å². The molecule has 6 nitrogen and oxygen atoms in total. The third kappa shape index (κ3) is 4.94. The first-order valence-electron chi connectivity index (χ1n) is 8.91. The zero-order valence-corrected chi connectivity index (χ0v) is 18.0. The van der Waals surface area contributed by atoms with Crippen LogP contribution in [0.3, 0.4) is 0 Å². The van der Waals surface area contributed by atoms with E-state index in [0.717, 1.165) is 5.56 Å². The van der Waals surface area contributed by atoms with Crippen molar-refractivity contribution in [3.63, 3.8) is 0 Å². The van der Waals surface area contributed by atoms with Gasteiger partial charge in [0.05, 0.1) is 11.3 Å². The van der Waals surface area contributed by atoms with Crippen LogP contribution in [0, 0.1) is 17.2 Å². The van der Waals surface area contributed by atoms with E-state index >= 15 is 0 Å². The summed E-state index contributed by atoms with van der Waals surface area (Å²) in [6.07, 6.45) is 1.75. The SMILES string of the molecule is C=CCn1c(S[C@H](C)C(=O)N[C@](C)(C#N)C(C)C)nnc1-c1ccc(Cl)cc1. The average molecular weight is 418 g/mol. The average Bonchev–Trinajstić information content (AvgIpc) is 3.04. The second-order valence-corrected chi connectivity index (χ2v) is 8.67. The summed E-state index contributed by atoms with van der Waals surface area (Å²) >= 11 is 7.26. The highest BCUT2D eigenvalue weighted by atomic mass is 35.5. The van der Waals surface area contributed by atoms with E-state index in [-0.39, 0.29) is 11.8 Å². The van der Waals surface area contributed by atoms with Gasteiger partial charge >= 0.3 is 0 Å². The number of nitriles is 1. The Hall–Kier alpha value is -2.30. The maximum atomic E-state index is 12.6. The highest BCUT2D eigenvalue weighted by Gasteiger charge is 2.32. The number of halogens is 1. The van der Waals surface area contributed by atoms with Gasteiger partial charge in [0.1, 0.15) is 5.54 Å². The van der Waals surface area contributed by atoms with Gasteiger partial charge in [0.25, 0.3) is 0 Å². The number of thioether (sulfide) groups is 1. The predicted octanol–water partition coefficient (Wildman–Crippen LogP) is 4.32. The molecule has 0 aliphatic rings. The fourth-order valence-corrected chi connectivity index (χ4v) is 3.34. The standard InChI is InChI=1S/C20H24ClN5OS/c1-6-11-26-17(15-7-9-16(21)10-8-15)24-25-19(26)28-14(4)18(27)23-20(5,12-22)13(2)3/h6-10,13-14H,1,11H2,2-5H3,(H,23,27)/t14-,20-/m1/s1. The van der Waals surface area contributed by atoms with Crippen LogP contribution < -0.4 is 5.32 Å². The first-order valence-corrected chi connectivity index (χ1v) is 10.2. The van der Waals surface area contributed by atoms with Crippen molar-refractivity contribution in [1.29, 1.82) is 5.26 Å². The molecule has 148 valence electrons. The molecule has 2 atom stereocenters. The molecule has 1 N–H and O–H groups in total. The van der Waals surface area contributed by atoms with Crippen molar-refractivity contribution in [2.45, 2.75) is 50.2 Å². The van der Waals surface area contributed by atoms with Crippen LogP contribution in [0.1, 0.15) is 27.7 Å². The summed E-state index contributed by atoms with van der Waals surface area (Å²) in [5.41, 5.74) is -0.0469. The fourth-order valence-electron chi connectivity index (χ4n) is 2.35. The Bertz CT molecular complexity index is 887. The summed E-state index contributed by atoms with van der Waals surface area (Å²) < 4.78 is 1.90. The molecule has 2 rings (SSSR count). The number of hydrogen-bond donors (Lipinski definition) is 1. The lowest BCUT2D eigenvalue weighted by Crippen LogP contribution is -2.51. The molecule has 8 heteroatoms. The lowest BCUT2D eigenvalue weighted by molar-refractivity contribution is -0.121. The van der Waals surface area contributed by atoms with Crippen LogP contribution in [0.2, 0.25) is 5.02 Å². The molecule has 0 saturated carbocycles. The summed E-state index contributed by atoms with van der Waals surface area (Å²) in [5, 5.41) is 21.6. The Kier molecular flexibility index (Phi) is 7.28. The number of hydrogen-bond acceptors (Lipinski definition) is 5. The molecule has 1 aromatic carbocycles. The fraction of sp³-hybridized carbons (Fsp3) is 0.400. The first-order chi connectivity index (χ1) is 13.2. The molecule has 0 saturated heterocycles. The normalized spacial score (nSPS) is 14.2. The Balaban J connectivity index is 2.23. The van der Waals surface area contributed by atoms with Gasteiger partial charge in [-0.25, -0.2) is 0 Å². The van der Waals surface area contributed by atoms with Gasteiger partial charge in [-0.3, -0.25) is 9.36 Å². The number of carbonyl (C=O) groups is 1. The smallest absolute Gasteiger partial charge is 0.234 e. The minimum absolute atomic E-state index is 0.0143. The molecule has 0 spiro atoms. The van der Waals surface area contributed by atoms with E-state index in [9.17, 15) is 10.1 Å². The van der Waals surface area contributed by atoms with E-state index in [0.29, 0.717) is 22.5 Å². The molecule has 2 aromatic rings. The monoisotopic (exact) mass is 417 g/mol. The molecule has 0 aliphatic heterocycles. The lowest BCUT2D eigenvalue weighted by Gasteiger charge is -2.28. The van der Waals surface area contributed by atoms with Crippen LogP contribution in [-0.4, -0.2) is 31.5 Å². The molecule has 1 amide bonds. The molecule has 0 bridgehead atoms. The van der Waals surface area contributed by atoms with Gasteiger partial charge < -0.3 is 5.32 Å². The zero-order valence-electron chi connectivity index (χ0n) is 16.4. The van der Waals surface area contributed by atoms with E-state index in [1.807, 2.05) is 30.5 Å². The largest absolute Gasteiger partial charge is 0.337 e. The van der Waals surface area contributed by atoms with Crippen LogP contribution in [0.25, 0.3) is 11.4 Å². The van der Waals surface area contributed by atoms with Crippen LogP contribution in [0.4, 0.5) is 0 Å². The van der Waals surface area contributed by atoms with E-state index < -0.39 is 10.8 Å². The first kappa shape index (κ1) is 22.0. The van der Waals surface area contributed by atoms with Crippen molar-refractivity contribution in [2.75, 3.05) is 0 Å². The van der Waals surface area contributed by atoms with Crippen LogP contribution in [-0.2, 0) is 11.3 Å². The molecule has 0 aliphatic carbocycles. The van der Waals surface area contributed by atoms with Crippen LogP contribution >= 0.6 is 23.4 Å². The number of rotatable bonds is 8. The predicted molar refractivity (Wildman–Crippen MR) is 113 cm³/mol. The molecule has 0 unspecified atom stereocenters.